The number of unbranched alkanes of at least 4 members (excludes halogenated alkanes) is 1. The molecular formula is C25H26F3N3O4S. The van der Waals surface area contributed by atoms with E-state index in [9.17, 15) is 26.4 Å². The van der Waals surface area contributed by atoms with Gasteiger partial charge in [-0.1, -0.05) is 49.7 Å². The molecule has 0 unspecified atom stereocenters. The third kappa shape index (κ3) is 7.64. The Morgan fingerprint density at radius 2 is 1.61 bits per heavy atom. The van der Waals surface area contributed by atoms with Gasteiger partial charge in [0, 0.05) is 17.8 Å². The van der Waals surface area contributed by atoms with Gasteiger partial charge < -0.3 is 15.4 Å². The summed E-state index contributed by atoms with van der Waals surface area (Å²) in [5.41, 5.74) is 0.142. The Morgan fingerprint density at radius 1 is 0.972 bits per heavy atom. The summed E-state index contributed by atoms with van der Waals surface area (Å²) in [5.74, 6) is -0.831. The first-order valence-electron chi connectivity index (χ1n) is 11.2. The average Bonchev–Trinajstić information content (AvgIpc) is 2.84. The number of alkyl halides is 3. The Kier molecular flexibility index (Phi) is 8.81. The summed E-state index contributed by atoms with van der Waals surface area (Å²) in [6.45, 7) is 0.821. The third-order valence-corrected chi connectivity index (χ3v) is 6.28. The molecule has 0 fully saturated rings. The second-order valence-corrected chi connectivity index (χ2v) is 9.47. The first kappa shape index (κ1) is 26.9. The fourth-order valence-electron chi connectivity index (χ4n) is 3.17. The molecule has 7 nitrogen and oxygen atoms in total. The summed E-state index contributed by atoms with van der Waals surface area (Å²) in [4.78, 5) is 12.2. The number of carbonyl (C=O) groups excluding carboxylic acids is 1. The highest BCUT2D eigenvalue weighted by Crippen LogP contribution is 2.38. The van der Waals surface area contributed by atoms with Gasteiger partial charge in [0.25, 0.3) is 15.9 Å². The van der Waals surface area contributed by atoms with Crippen molar-refractivity contribution >= 4 is 27.3 Å². The van der Waals surface area contributed by atoms with Crippen LogP contribution in [0.5, 0.6) is 11.5 Å². The Morgan fingerprint density at radius 3 is 2.22 bits per heavy atom. The van der Waals surface area contributed by atoms with Crippen LogP contribution in [0.1, 0.15) is 30.1 Å². The molecule has 3 rings (SSSR count). The van der Waals surface area contributed by atoms with Crippen LogP contribution in [0.4, 0.5) is 24.5 Å². The van der Waals surface area contributed by atoms with E-state index < -0.39 is 33.5 Å². The van der Waals surface area contributed by atoms with Crippen molar-refractivity contribution in [3.63, 3.8) is 0 Å². The van der Waals surface area contributed by atoms with Gasteiger partial charge in [0.2, 0.25) is 0 Å². The Balaban J connectivity index is 2.13. The van der Waals surface area contributed by atoms with Gasteiger partial charge >= 0.3 is 6.18 Å². The first-order valence-corrected chi connectivity index (χ1v) is 12.6. The van der Waals surface area contributed by atoms with Crippen molar-refractivity contribution in [1.82, 2.24) is 5.32 Å². The van der Waals surface area contributed by atoms with Crippen molar-refractivity contribution in [1.29, 1.82) is 0 Å². The molecule has 0 spiro atoms. The fourth-order valence-corrected chi connectivity index (χ4v) is 4.41. The van der Waals surface area contributed by atoms with Gasteiger partial charge in [-0.25, -0.2) is 8.42 Å². The summed E-state index contributed by atoms with van der Waals surface area (Å²) in [6, 6.07) is 18.8. The van der Waals surface area contributed by atoms with E-state index in [-0.39, 0.29) is 22.7 Å². The molecule has 0 heterocycles. The van der Waals surface area contributed by atoms with Crippen molar-refractivity contribution in [3.05, 3.63) is 78.4 Å². The van der Waals surface area contributed by atoms with E-state index >= 15 is 0 Å². The lowest BCUT2D eigenvalue weighted by Gasteiger charge is -2.19. The average molecular weight is 522 g/mol. The summed E-state index contributed by atoms with van der Waals surface area (Å²) >= 11 is 0. The Labute approximate surface area is 207 Å². The number of halogens is 3. The highest BCUT2D eigenvalue weighted by Gasteiger charge is 2.30. The van der Waals surface area contributed by atoms with Crippen LogP contribution in [-0.2, 0) is 10.0 Å². The van der Waals surface area contributed by atoms with Gasteiger partial charge in [0.1, 0.15) is 17.2 Å². The van der Waals surface area contributed by atoms with Crippen LogP contribution >= 0.6 is 0 Å². The lowest BCUT2D eigenvalue weighted by Crippen LogP contribution is -2.33. The molecule has 0 saturated carbocycles. The van der Waals surface area contributed by atoms with Crippen LogP contribution < -0.4 is 20.1 Å². The summed E-state index contributed by atoms with van der Waals surface area (Å²) in [7, 11) is -4.33. The van der Waals surface area contributed by atoms with E-state index in [1.54, 1.807) is 53.8 Å². The number of ether oxygens (including phenoxy) is 1. The van der Waals surface area contributed by atoms with Crippen LogP contribution in [-0.4, -0.2) is 33.6 Å². The number of anilines is 2. The largest absolute Gasteiger partial charge is 0.454 e. The molecule has 0 saturated heterocycles. The molecule has 0 radical (unpaired) electrons. The van der Waals surface area contributed by atoms with Crippen LogP contribution in [0.3, 0.4) is 0 Å². The molecule has 1 amide bonds. The van der Waals surface area contributed by atoms with Crippen molar-refractivity contribution in [3.8, 4) is 11.5 Å². The lowest BCUT2D eigenvalue weighted by molar-refractivity contribution is -0.123. The maximum Gasteiger partial charge on any atom is 0.405 e. The summed E-state index contributed by atoms with van der Waals surface area (Å²) in [5, 5.41) is 4.84. The minimum Gasteiger partial charge on any atom is -0.454 e. The number of sulfonamides is 1. The van der Waals surface area contributed by atoms with E-state index in [1.165, 1.54) is 18.2 Å². The molecule has 11 heteroatoms. The lowest BCUT2D eigenvalue weighted by atomic mass is 10.1. The van der Waals surface area contributed by atoms with Crippen molar-refractivity contribution in [2.24, 2.45) is 0 Å². The normalized spacial score (nSPS) is 11.6. The molecule has 36 heavy (non-hydrogen) atoms. The van der Waals surface area contributed by atoms with Crippen LogP contribution in [0, 0.1) is 0 Å². The topological polar surface area (TPSA) is 96.5 Å². The molecule has 0 aliphatic rings. The highest BCUT2D eigenvalue weighted by molar-refractivity contribution is 7.92. The van der Waals surface area contributed by atoms with Crippen LogP contribution in [0.2, 0.25) is 0 Å². The SMILES string of the molecule is CCCCNc1cc(C(=O)NCC(F)(F)F)cc(S(=O)(=O)Nc2ccccc2)c1Oc1ccccc1. The molecule has 0 bridgehead atoms. The standard InChI is InChI=1S/C25H26F3N3O4S/c1-2-3-14-29-21-15-18(24(32)30-17-25(26,27)28)16-22(23(21)35-20-12-8-5-9-13-20)36(33,34)31-19-10-6-4-7-11-19/h4-13,15-16,29,31H,2-3,14,17H2,1H3,(H,30,32). The molecule has 0 aromatic heterocycles. The molecule has 192 valence electrons. The minimum absolute atomic E-state index is 0.0897. The number of hydrogen-bond acceptors (Lipinski definition) is 5. The first-order chi connectivity index (χ1) is 17.1. The van der Waals surface area contributed by atoms with Gasteiger partial charge in [-0.3, -0.25) is 9.52 Å². The molecule has 0 atom stereocenters. The van der Waals surface area contributed by atoms with E-state index in [2.05, 4.69) is 10.0 Å². The fraction of sp³-hybridized carbons (Fsp3) is 0.240. The molecule has 0 aliphatic heterocycles. The maximum atomic E-state index is 13.5. The van der Waals surface area contributed by atoms with E-state index in [0.29, 0.717) is 12.3 Å². The monoisotopic (exact) mass is 521 g/mol. The Bertz CT molecular complexity index is 1270. The molecular weight excluding hydrogens is 495 g/mol. The van der Waals surface area contributed by atoms with Gasteiger partial charge in [0.05, 0.1) is 5.69 Å². The van der Waals surface area contributed by atoms with Crippen LogP contribution in [0.15, 0.2) is 77.7 Å². The predicted molar refractivity (Wildman–Crippen MR) is 132 cm³/mol. The second-order valence-electron chi connectivity index (χ2n) is 7.82. The van der Waals surface area contributed by atoms with E-state index in [0.717, 1.165) is 18.9 Å². The van der Waals surface area contributed by atoms with Crippen LogP contribution in [0.25, 0.3) is 0 Å². The van der Waals surface area contributed by atoms with Gasteiger partial charge in [-0.15, -0.1) is 0 Å². The molecule has 0 aliphatic carbocycles. The number of benzene rings is 3. The predicted octanol–water partition coefficient (Wildman–Crippen LogP) is 5.78. The summed E-state index contributed by atoms with van der Waals surface area (Å²) in [6.07, 6.45) is -3.08. The number of amides is 1. The van der Waals surface area contributed by atoms with Crippen molar-refractivity contribution in [2.45, 2.75) is 30.8 Å². The number of para-hydroxylation sites is 2. The number of rotatable bonds is 11. The van der Waals surface area contributed by atoms with Crippen molar-refractivity contribution in [2.75, 3.05) is 23.1 Å². The molecule has 3 aromatic carbocycles. The zero-order chi connectivity index (χ0) is 26.2. The Hall–Kier alpha value is -3.73. The minimum atomic E-state index is -4.63. The number of carbonyl (C=O) groups is 1. The van der Waals surface area contributed by atoms with E-state index in [1.807, 2.05) is 6.92 Å². The molecule has 3 N–H and O–H groups in total. The second kappa shape index (κ2) is 11.8. The zero-order valence-corrected chi connectivity index (χ0v) is 20.2. The summed E-state index contributed by atoms with van der Waals surface area (Å²) < 4.78 is 73.3. The smallest absolute Gasteiger partial charge is 0.405 e. The van der Waals surface area contributed by atoms with Crippen molar-refractivity contribution < 1.29 is 31.1 Å². The quantitative estimate of drug-likeness (QED) is 0.278. The zero-order valence-electron chi connectivity index (χ0n) is 19.4. The third-order valence-electron chi connectivity index (χ3n) is 4.89. The van der Waals surface area contributed by atoms with Gasteiger partial charge in [-0.2, -0.15) is 13.2 Å². The van der Waals surface area contributed by atoms with Gasteiger partial charge in [-0.05, 0) is 42.8 Å². The highest BCUT2D eigenvalue weighted by atomic mass is 32.2. The maximum absolute atomic E-state index is 13.5. The number of hydrogen-bond donors (Lipinski definition) is 3. The number of nitrogens with one attached hydrogen (secondary N) is 3. The van der Waals surface area contributed by atoms with E-state index in [4.69, 9.17) is 4.74 Å². The van der Waals surface area contributed by atoms with Gasteiger partial charge in [0.15, 0.2) is 5.75 Å². The molecule has 3 aromatic rings.